The first-order chi connectivity index (χ1) is 9.99. The fourth-order valence-corrected chi connectivity index (χ4v) is 2.16. The fourth-order valence-electron chi connectivity index (χ4n) is 1.86. The predicted octanol–water partition coefficient (Wildman–Crippen LogP) is 1.81. The molecule has 0 saturated carbocycles. The van der Waals surface area contributed by atoms with Crippen LogP contribution in [0.15, 0.2) is 24.3 Å². The molecule has 5 nitrogen and oxygen atoms in total. The summed E-state index contributed by atoms with van der Waals surface area (Å²) in [6.07, 6.45) is 2.15. The van der Waals surface area contributed by atoms with Gasteiger partial charge in [-0.2, -0.15) is 11.8 Å². The number of thioether (sulfide) groups is 1. The summed E-state index contributed by atoms with van der Waals surface area (Å²) in [4.78, 5) is 23.1. The topological polar surface area (TPSA) is 75.6 Å². The molecule has 0 saturated heterocycles. The van der Waals surface area contributed by atoms with Crippen molar-refractivity contribution in [1.82, 2.24) is 5.32 Å². The Morgan fingerprint density at radius 2 is 2.05 bits per heavy atom. The molecule has 1 aromatic carbocycles. The maximum absolute atomic E-state index is 11.7. The number of carbonyl (C=O) groups is 2. The molecule has 0 fully saturated rings. The maximum atomic E-state index is 11.7. The summed E-state index contributed by atoms with van der Waals surface area (Å²) in [5, 5.41) is 11.8. The van der Waals surface area contributed by atoms with Crippen LogP contribution in [0.5, 0.6) is 5.75 Å². The minimum Gasteiger partial charge on any atom is -0.496 e. The first kappa shape index (κ1) is 17.4. The van der Waals surface area contributed by atoms with Gasteiger partial charge in [-0.3, -0.25) is 9.59 Å². The standard InChI is InChI=1S/C15H21NO4S/c1-10(21-3)14(17)16-9-12(15(18)19)8-11-6-4-5-7-13(11)20-2/h4-7,10,12H,8-9H2,1-3H3,(H,16,17)(H,18,19). The van der Waals surface area contributed by atoms with Gasteiger partial charge in [0, 0.05) is 6.54 Å². The lowest BCUT2D eigenvalue weighted by atomic mass is 9.98. The van der Waals surface area contributed by atoms with E-state index in [1.54, 1.807) is 20.1 Å². The Morgan fingerprint density at radius 3 is 2.62 bits per heavy atom. The maximum Gasteiger partial charge on any atom is 0.308 e. The van der Waals surface area contributed by atoms with E-state index in [9.17, 15) is 14.7 Å². The normalized spacial score (nSPS) is 13.3. The van der Waals surface area contributed by atoms with E-state index in [0.29, 0.717) is 12.2 Å². The van der Waals surface area contributed by atoms with Gasteiger partial charge in [0.1, 0.15) is 5.75 Å². The van der Waals surface area contributed by atoms with Crippen LogP contribution in [0.3, 0.4) is 0 Å². The number of carboxylic acid groups (broad SMARTS) is 1. The fraction of sp³-hybridized carbons (Fsp3) is 0.467. The number of hydrogen-bond donors (Lipinski definition) is 2. The van der Waals surface area contributed by atoms with Crippen molar-refractivity contribution in [3.05, 3.63) is 29.8 Å². The Labute approximate surface area is 129 Å². The molecule has 0 heterocycles. The number of aliphatic carboxylic acids is 1. The SMILES string of the molecule is COc1ccccc1CC(CNC(=O)C(C)SC)C(=O)O. The van der Waals surface area contributed by atoms with Crippen LogP contribution in [0.4, 0.5) is 0 Å². The summed E-state index contributed by atoms with van der Waals surface area (Å²) < 4.78 is 5.22. The van der Waals surface area contributed by atoms with Gasteiger partial charge in [0.25, 0.3) is 0 Å². The monoisotopic (exact) mass is 311 g/mol. The van der Waals surface area contributed by atoms with E-state index < -0.39 is 11.9 Å². The Balaban J connectivity index is 2.70. The molecule has 21 heavy (non-hydrogen) atoms. The molecule has 2 atom stereocenters. The third kappa shape index (κ3) is 5.30. The van der Waals surface area contributed by atoms with Crippen molar-refractivity contribution in [2.24, 2.45) is 5.92 Å². The Hall–Kier alpha value is -1.69. The van der Waals surface area contributed by atoms with Crippen molar-refractivity contribution in [3.63, 3.8) is 0 Å². The lowest BCUT2D eigenvalue weighted by Crippen LogP contribution is -2.37. The van der Waals surface area contributed by atoms with Crippen molar-refractivity contribution >= 4 is 23.6 Å². The molecule has 1 rings (SSSR count). The number of rotatable bonds is 8. The molecule has 0 aliphatic heterocycles. The highest BCUT2D eigenvalue weighted by Gasteiger charge is 2.21. The first-order valence-corrected chi connectivity index (χ1v) is 7.93. The molecular formula is C15H21NO4S. The second kappa shape index (κ2) is 8.56. The molecule has 1 amide bonds. The summed E-state index contributed by atoms with van der Waals surface area (Å²) >= 11 is 1.42. The highest BCUT2D eigenvalue weighted by atomic mass is 32.2. The van der Waals surface area contributed by atoms with Crippen LogP contribution in [0.1, 0.15) is 12.5 Å². The molecule has 0 aliphatic carbocycles. The smallest absolute Gasteiger partial charge is 0.308 e. The predicted molar refractivity (Wildman–Crippen MR) is 83.8 cm³/mol. The molecule has 0 aromatic heterocycles. The molecule has 0 spiro atoms. The van der Waals surface area contributed by atoms with Gasteiger partial charge in [0.15, 0.2) is 0 Å². The van der Waals surface area contributed by atoms with Gasteiger partial charge in [-0.15, -0.1) is 0 Å². The molecule has 2 N–H and O–H groups in total. The second-order valence-electron chi connectivity index (χ2n) is 4.67. The first-order valence-electron chi connectivity index (χ1n) is 6.64. The molecule has 1 aromatic rings. The largest absolute Gasteiger partial charge is 0.496 e. The van der Waals surface area contributed by atoms with Crippen molar-refractivity contribution < 1.29 is 19.4 Å². The Morgan fingerprint density at radius 1 is 1.38 bits per heavy atom. The molecular weight excluding hydrogens is 290 g/mol. The number of ether oxygens (including phenoxy) is 1. The van der Waals surface area contributed by atoms with Gasteiger partial charge in [-0.25, -0.2) is 0 Å². The minimum atomic E-state index is -0.932. The molecule has 6 heteroatoms. The average molecular weight is 311 g/mol. The van der Waals surface area contributed by atoms with Crippen LogP contribution in [0.25, 0.3) is 0 Å². The van der Waals surface area contributed by atoms with Crippen LogP contribution in [0, 0.1) is 5.92 Å². The van der Waals surface area contributed by atoms with E-state index in [-0.39, 0.29) is 17.7 Å². The van der Waals surface area contributed by atoms with Crippen LogP contribution >= 0.6 is 11.8 Å². The lowest BCUT2D eigenvalue weighted by molar-refractivity contribution is -0.141. The van der Waals surface area contributed by atoms with Gasteiger partial charge < -0.3 is 15.2 Å². The number of amides is 1. The molecule has 0 aliphatic rings. The average Bonchev–Trinajstić information content (AvgIpc) is 2.50. The van der Waals surface area contributed by atoms with Crippen LogP contribution < -0.4 is 10.1 Å². The highest BCUT2D eigenvalue weighted by Crippen LogP contribution is 2.21. The Kier molecular flexibility index (Phi) is 7.08. The zero-order valence-corrected chi connectivity index (χ0v) is 13.3. The van der Waals surface area contributed by atoms with E-state index in [4.69, 9.17) is 4.74 Å². The van der Waals surface area contributed by atoms with Crippen LogP contribution in [0.2, 0.25) is 0 Å². The van der Waals surface area contributed by atoms with E-state index >= 15 is 0 Å². The van der Waals surface area contributed by atoms with Crippen LogP contribution in [-0.4, -0.2) is 42.1 Å². The van der Waals surface area contributed by atoms with Gasteiger partial charge in [0.05, 0.1) is 18.3 Å². The van der Waals surface area contributed by atoms with E-state index in [1.165, 1.54) is 11.8 Å². The summed E-state index contributed by atoms with van der Waals surface area (Å²) in [7, 11) is 1.55. The summed E-state index contributed by atoms with van der Waals surface area (Å²) in [6.45, 7) is 1.90. The number of carboxylic acids is 1. The van der Waals surface area contributed by atoms with Gasteiger partial charge in [-0.1, -0.05) is 18.2 Å². The number of benzene rings is 1. The summed E-state index contributed by atoms with van der Waals surface area (Å²) in [5.74, 6) is -1.10. The zero-order valence-electron chi connectivity index (χ0n) is 12.5. The number of hydrogen-bond acceptors (Lipinski definition) is 4. The molecule has 0 bridgehead atoms. The number of methoxy groups -OCH3 is 1. The highest BCUT2D eigenvalue weighted by molar-refractivity contribution is 7.99. The molecule has 116 valence electrons. The Bertz CT molecular complexity index is 492. The number of carbonyl (C=O) groups excluding carboxylic acids is 1. The van der Waals surface area contributed by atoms with Gasteiger partial charge >= 0.3 is 5.97 Å². The van der Waals surface area contributed by atoms with Crippen molar-refractivity contribution in [2.75, 3.05) is 19.9 Å². The third-order valence-corrected chi connectivity index (χ3v) is 4.17. The lowest BCUT2D eigenvalue weighted by Gasteiger charge is -2.16. The van der Waals surface area contributed by atoms with Crippen molar-refractivity contribution in [1.29, 1.82) is 0 Å². The van der Waals surface area contributed by atoms with Crippen molar-refractivity contribution in [3.8, 4) is 5.75 Å². The van der Waals surface area contributed by atoms with Gasteiger partial charge in [-0.05, 0) is 31.2 Å². The number of nitrogens with one attached hydrogen (secondary N) is 1. The summed E-state index contributed by atoms with van der Waals surface area (Å²) in [6, 6.07) is 7.30. The zero-order chi connectivity index (χ0) is 15.8. The van der Waals surface area contributed by atoms with Gasteiger partial charge in [0.2, 0.25) is 5.91 Å². The van der Waals surface area contributed by atoms with Crippen molar-refractivity contribution in [2.45, 2.75) is 18.6 Å². The van der Waals surface area contributed by atoms with Crippen LogP contribution in [-0.2, 0) is 16.0 Å². The van der Waals surface area contributed by atoms with E-state index in [0.717, 1.165) is 5.56 Å². The third-order valence-electron chi connectivity index (χ3n) is 3.25. The van der Waals surface area contributed by atoms with E-state index in [1.807, 2.05) is 24.5 Å². The van der Waals surface area contributed by atoms with E-state index in [2.05, 4.69) is 5.32 Å². The minimum absolute atomic E-state index is 0.108. The quantitative estimate of drug-likeness (QED) is 0.766. The molecule has 0 radical (unpaired) electrons. The summed E-state index contributed by atoms with van der Waals surface area (Å²) in [5.41, 5.74) is 0.819. The number of para-hydroxylation sites is 1. The molecule has 2 unspecified atom stereocenters. The second-order valence-corrected chi connectivity index (χ2v) is 5.85.